The van der Waals surface area contributed by atoms with Crippen LogP contribution < -0.4 is 5.32 Å². The molecule has 4 aliphatic rings. The molecule has 0 radical (unpaired) electrons. The molecule has 0 bridgehead atoms. The van der Waals surface area contributed by atoms with Gasteiger partial charge in [0.1, 0.15) is 5.54 Å². The number of hydrogen-bond donors (Lipinski definition) is 1. The summed E-state index contributed by atoms with van der Waals surface area (Å²) in [4.78, 5) is 41.9. The average Bonchev–Trinajstić information content (AvgIpc) is 3.23. The molecule has 0 unspecified atom stereocenters. The lowest BCUT2D eigenvalue weighted by Crippen LogP contribution is -2.53. The van der Waals surface area contributed by atoms with Crippen LogP contribution in [-0.2, 0) is 19.9 Å². The van der Waals surface area contributed by atoms with Gasteiger partial charge in [0, 0.05) is 24.3 Å². The Kier molecular flexibility index (Phi) is 2.30. The molecular formula is C17H17N3O3. The van der Waals surface area contributed by atoms with E-state index in [0.717, 1.165) is 30.6 Å². The van der Waals surface area contributed by atoms with Crippen molar-refractivity contribution in [3.8, 4) is 0 Å². The second-order valence-corrected chi connectivity index (χ2v) is 6.91. The molecule has 1 aromatic carbocycles. The van der Waals surface area contributed by atoms with Crippen LogP contribution in [0.2, 0.25) is 0 Å². The molecule has 4 aliphatic heterocycles. The summed E-state index contributed by atoms with van der Waals surface area (Å²) in [5.74, 6) is -1.51. The maximum Gasteiger partial charge on any atom is 0.250 e. The number of likely N-dealkylation sites (tertiary alicyclic amines) is 1. The molecule has 0 aliphatic carbocycles. The van der Waals surface area contributed by atoms with Gasteiger partial charge in [0.05, 0.1) is 11.8 Å². The fourth-order valence-corrected chi connectivity index (χ4v) is 5.30. The second kappa shape index (κ2) is 4.00. The molecule has 4 atom stereocenters. The fourth-order valence-electron chi connectivity index (χ4n) is 5.30. The Labute approximate surface area is 133 Å². The lowest BCUT2D eigenvalue weighted by molar-refractivity contribution is -0.144. The molecule has 6 heteroatoms. The third kappa shape index (κ3) is 1.25. The number of rotatable bonds is 0. The number of fused-ring (bicyclic) bond motifs is 7. The first-order chi connectivity index (χ1) is 11.1. The van der Waals surface area contributed by atoms with Gasteiger partial charge in [0.25, 0.3) is 0 Å². The highest BCUT2D eigenvalue weighted by atomic mass is 16.2. The van der Waals surface area contributed by atoms with Crippen molar-refractivity contribution in [3.05, 3.63) is 29.8 Å². The highest BCUT2D eigenvalue weighted by Gasteiger charge is 2.74. The van der Waals surface area contributed by atoms with Crippen LogP contribution in [0.25, 0.3) is 0 Å². The third-order valence-corrected chi connectivity index (χ3v) is 6.12. The van der Waals surface area contributed by atoms with Gasteiger partial charge in [0.15, 0.2) is 0 Å². The topological polar surface area (TPSA) is 69.7 Å². The number of hydrogen-bond acceptors (Lipinski definition) is 4. The molecule has 0 aromatic heterocycles. The van der Waals surface area contributed by atoms with E-state index in [4.69, 9.17) is 0 Å². The van der Waals surface area contributed by atoms with E-state index in [-0.39, 0.29) is 23.8 Å². The number of amides is 3. The summed E-state index contributed by atoms with van der Waals surface area (Å²) in [7, 11) is 1.54. The maximum absolute atomic E-state index is 13.1. The minimum absolute atomic E-state index is 0.0155. The predicted octanol–water partition coefficient (Wildman–Crippen LogP) is 0.543. The van der Waals surface area contributed by atoms with E-state index >= 15 is 0 Å². The highest BCUT2D eigenvalue weighted by Crippen LogP contribution is 2.59. The van der Waals surface area contributed by atoms with Gasteiger partial charge >= 0.3 is 0 Å². The summed E-state index contributed by atoms with van der Waals surface area (Å²) in [6, 6.07) is 7.54. The normalized spacial score (nSPS) is 38.2. The first-order valence-electron chi connectivity index (χ1n) is 8.07. The zero-order valence-corrected chi connectivity index (χ0v) is 12.8. The standard InChI is InChI=1S/C17H17N3O3/c1-19-14(21)12-11-7-4-8-20(11)17(13(12)15(19)22)9-5-2-3-6-10(9)18-16(17)23/h2-3,5-6,11-13H,4,7-8H2,1H3,(H,18,23)/t11-,12-,13-,17+/m0/s1. The number of para-hydroxylation sites is 1. The Morgan fingerprint density at radius 1 is 1.17 bits per heavy atom. The molecule has 4 heterocycles. The molecular weight excluding hydrogens is 294 g/mol. The molecule has 6 nitrogen and oxygen atoms in total. The minimum atomic E-state index is -1.01. The summed E-state index contributed by atoms with van der Waals surface area (Å²) in [5.41, 5.74) is 0.597. The molecule has 1 aromatic rings. The van der Waals surface area contributed by atoms with Crippen LogP contribution in [0.5, 0.6) is 0 Å². The molecule has 3 amide bonds. The minimum Gasteiger partial charge on any atom is -0.324 e. The number of anilines is 1. The number of imide groups is 1. The quantitative estimate of drug-likeness (QED) is 0.710. The number of benzene rings is 1. The van der Waals surface area contributed by atoms with E-state index in [1.54, 1.807) is 0 Å². The fraction of sp³-hybridized carbons (Fsp3) is 0.471. The van der Waals surface area contributed by atoms with Crippen molar-refractivity contribution < 1.29 is 14.4 Å². The van der Waals surface area contributed by atoms with Crippen LogP contribution >= 0.6 is 0 Å². The van der Waals surface area contributed by atoms with Gasteiger partial charge in [-0.15, -0.1) is 0 Å². The van der Waals surface area contributed by atoms with E-state index in [0.29, 0.717) is 0 Å². The van der Waals surface area contributed by atoms with Crippen molar-refractivity contribution in [3.63, 3.8) is 0 Å². The average molecular weight is 311 g/mol. The summed E-state index contributed by atoms with van der Waals surface area (Å²) >= 11 is 0. The highest BCUT2D eigenvalue weighted by molar-refractivity contribution is 6.15. The maximum atomic E-state index is 13.1. The monoisotopic (exact) mass is 311 g/mol. The Hall–Kier alpha value is -2.21. The van der Waals surface area contributed by atoms with Gasteiger partial charge in [-0.3, -0.25) is 24.2 Å². The lowest BCUT2D eigenvalue weighted by atomic mass is 9.75. The van der Waals surface area contributed by atoms with Gasteiger partial charge in [-0.2, -0.15) is 0 Å². The third-order valence-electron chi connectivity index (χ3n) is 6.12. The number of nitrogens with zero attached hydrogens (tertiary/aromatic N) is 2. The van der Waals surface area contributed by atoms with Crippen molar-refractivity contribution in [1.82, 2.24) is 9.80 Å². The van der Waals surface area contributed by atoms with E-state index in [1.807, 2.05) is 24.3 Å². The van der Waals surface area contributed by atoms with Crippen molar-refractivity contribution in [2.24, 2.45) is 11.8 Å². The van der Waals surface area contributed by atoms with E-state index in [9.17, 15) is 14.4 Å². The Balaban J connectivity index is 1.80. The van der Waals surface area contributed by atoms with Crippen molar-refractivity contribution >= 4 is 23.4 Å². The SMILES string of the molecule is CN1C(=O)[C@@H]2[C@@H](C1=O)[C@]1(C(=O)Nc3ccccc31)N1CCC[C@@H]21. The molecule has 3 saturated heterocycles. The van der Waals surface area contributed by atoms with Crippen LogP contribution in [0.4, 0.5) is 5.69 Å². The largest absolute Gasteiger partial charge is 0.324 e. The van der Waals surface area contributed by atoms with Crippen LogP contribution in [0.1, 0.15) is 18.4 Å². The smallest absolute Gasteiger partial charge is 0.250 e. The Morgan fingerprint density at radius 2 is 1.96 bits per heavy atom. The zero-order valence-electron chi connectivity index (χ0n) is 12.8. The van der Waals surface area contributed by atoms with Gasteiger partial charge < -0.3 is 5.32 Å². The van der Waals surface area contributed by atoms with E-state index in [1.165, 1.54) is 11.9 Å². The van der Waals surface area contributed by atoms with E-state index in [2.05, 4.69) is 10.2 Å². The van der Waals surface area contributed by atoms with Gasteiger partial charge in [0.2, 0.25) is 17.7 Å². The molecule has 5 rings (SSSR count). The molecule has 1 N–H and O–H groups in total. The van der Waals surface area contributed by atoms with E-state index < -0.39 is 17.4 Å². The molecule has 1 spiro atoms. The lowest BCUT2D eigenvalue weighted by Gasteiger charge is -2.36. The molecule has 118 valence electrons. The van der Waals surface area contributed by atoms with Crippen LogP contribution in [-0.4, -0.2) is 47.2 Å². The Bertz CT molecular complexity index is 776. The van der Waals surface area contributed by atoms with Crippen LogP contribution in [0.15, 0.2) is 24.3 Å². The number of nitrogens with one attached hydrogen (secondary N) is 1. The summed E-state index contributed by atoms with van der Waals surface area (Å²) < 4.78 is 0. The molecule has 23 heavy (non-hydrogen) atoms. The van der Waals surface area contributed by atoms with Gasteiger partial charge in [-0.05, 0) is 25.5 Å². The van der Waals surface area contributed by atoms with Crippen molar-refractivity contribution in [1.29, 1.82) is 0 Å². The van der Waals surface area contributed by atoms with Crippen LogP contribution in [0, 0.1) is 11.8 Å². The first kappa shape index (κ1) is 13.2. The summed E-state index contributed by atoms with van der Waals surface area (Å²) in [6.45, 7) is 0.754. The second-order valence-electron chi connectivity index (χ2n) is 6.91. The zero-order chi connectivity index (χ0) is 15.9. The predicted molar refractivity (Wildman–Crippen MR) is 81.2 cm³/mol. The Morgan fingerprint density at radius 3 is 2.78 bits per heavy atom. The first-order valence-corrected chi connectivity index (χ1v) is 8.07. The van der Waals surface area contributed by atoms with Crippen molar-refractivity contribution in [2.75, 3.05) is 18.9 Å². The number of carbonyl (C=O) groups excluding carboxylic acids is 3. The molecule has 3 fully saturated rings. The van der Waals surface area contributed by atoms with Crippen LogP contribution in [0.3, 0.4) is 0 Å². The summed E-state index contributed by atoms with van der Waals surface area (Å²) in [6.07, 6.45) is 1.82. The van der Waals surface area contributed by atoms with Crippen molar-refractivity contribution in [2.45, 2.75) is 24.4 Å². The van der Waals surface area contributed by atoms with Gasteiger partial charge in [-0.1, -0.05) is 18.2 Å². The van der Waals surface area contributed by atoms with Gasteiger partial charge in [-0.25, -0.2) is 0 Å². The number of carbonyl (C=O) groups is 3. The summed E-state index contributed by atoms with van der Waals surface area (Å²) in [5, 5.41) is 2.94. The molecule has 0 saturated carbocycles.